The third kappa shape index (κ3) is 4.29. The van der Waals surface area contributed by atoms with E-state index in [4.69, 9.17) is 5.11 Å². The zero-order chi connectivity index (χ0) is 14.6. The Morgan fingerprint density at radius 2 is 2.11 bits per heavy atom. The molecule has 0 unspecified atom stereocenters. The molecular formula is C12H16BrNO4S. The number of halogens is 1. The number of hydrogen-bond donors (Lipinski definition) is 2. The van der Waals surface area contributed by atoms with E-state index >= 15 is 0 Å². The largest absolute Gasteiger partial charge is 0.480 e. The van der Waals surface area contributed by atoms with Crippen molar-refractivity contribution in [1.82, 2.24) is 4.72 Å². The SMILES string of the molecule is CCC[C@@H](NS(=O)(=O)c1ccc(C)cc1Br)C(=O)O. The lowest BCUT2D eigenvalue weighted by Gasteiger charge is -2.15. The summed E-state index contributed by atoms with van der Waals surface area (Å²) in [4.78, 5) is 11.0. The fraction of sp³-hybridized carbons (Fsp3) is 0.417. The molecule has 19 heavy (non-hydrogen) atoms. The fourth-order valence-electron chi connectivity index (χ4n) is 1.60. The van der Waals surface area contributed by atoms with Crippen LogP contribution in [-0.2, 0) is 14.8 Å². The van der Waals surface area contributed by atoms with Gasteiger partial charge in [0.05, 0.1) is 4.90 Å². The average molecular weight is 350 g/mol. The molecule has 0 saturated carbocycles. The third-order valence-electron chi connectivity index (χ3n) is 2.55. The van der Waals surface area contributed by atoms with Crippen molar-refractivity contribution in [3.05, 3.63) is 28.2 Å². The maximum atomic E-state index is 12.1. The van der Waals surface area contributed by atoms with Crippen molar-refractivity contribution in [2.24, 2.45) is 0 Å². The number of hydrogen-bond acceptors (Lipinski definition) is 3. The molecule has 0 bridgehead atoms. The summed E-state index contributed by atoms with van der Waals surface area (Å²) in [6.45, 7) is 3.64. The van der Waals surface area contributed by atoms with Crippen LogP contribution in [-0.4, -0.2) is 25.5 Å². The molecule has 0 heterocycles. The average Bonchev–Trinajstić information content (AvgIpc) is 2.27. The standard InChI is InChI=1S/C12H16BrNO4S/c1-3-4-10(12(15)16)14-19(17,18)11-6-5-8(2)7-9(11)13/h5-7,10,14H,3-4H2,1-2H3,(H,15,16)/t10-/m1/s1. The second kappa shape index (κ2) is 6.49. The van der Waals surface area contributed by atoms with Crippen LogP contribution in [0.15, 0.2) is 27.6 Å². The van der Waals surface area contributed by atoms with Crippen LogP contribution in [0.25, 0.3) is 0 Å². The van der Waals surface area contributed by atoms with E-state index in [9.17, 15) is 13.2 Å². The maximum Gasteiger partial charge on any atom is 0.321 e. The number of carboxylic acid groups (broad SMARTS) is 1. The summed E-state index contributed by atoms with van der Waals surface area (Å²) in [5.74, 6) is -1.17. The highest BCUT2D eigenvalue weighted by Gasteiger charge is 2.25. The fourth-order valence-corrected chi connectivity index (χ4v) is 4.01. The van der Waals surface area contributed by atoms with Gasteiger partial charge in [0.25, 0.3) is 0 Å². The van der Waals surface area contributed by atoms with Gasteiger partial charge < -0.3 is 5.11 Å². The minimum absolute atomic E-state index is 0.0421. The van der Waals surface area contributed by atoms with Crippen molar-refractivity contribution >= 4 is 31.9 Å². The lowest BCUT2D eigenvalue weighted by Crippen LogP contribution is -2.40. The lowest BCUT2D eigenvalue weighted by molar-refractivity contribution is -0.139. The Morgan fingerprint density at radius 1 is 1.47 bits per heavy atom. The Bertz CT molecular complexity index is 571. The molecule has 7 heteroatoms. The number of benzene rings is 1. The molecule has 1 aromatic rings. The van der Waals surface area contributed by atoms with Crippen molar-refractivity contribution in [1.29, 1.82) is 0 Å². The summed E-state index contributed by atoms with van der Waals surface area (Å²) >= 11 is 3.18. The highest BCUT2D eigenvalue weighted by molar-refractivity contribution is 9.10. The molecule has 1 rings (SSSR count). The smallest absolute Gasteiger partial charge is 0.321 e. The van der Waals surface area contributed by atoms with Gasteiger partial charge in [-0.1, -0.05) is 19.4 Å². The first kappa shape index (κ1) is 16.1. The van der Waals surface area contributed by atoms with E-state index in [1.54, 1.807) is 19.1 Å². The minimum Gasteiger partial charge on any atom is -0.480 e. The van der Waals surface area contributed by atoms with Crippen LogP contribution >= 0.6 is 15.9 Å². The van der Waals surface area contributed by atoms with E-state index < -0.39 is 22.0 Å². The summed E-state index contributed by atoms with van der Waals surface area (Å²) in [6, 6.07) is 3.68. The number of rotatable bonds is 6. The zero-order valence-corrected chi connectivity index (χ0v) is 13.1. The van der Waals surface area contributed by atoms with Crippen LogP contribution < -0.4 is 4.72 Å². The predicted molar refractivity (Wildman–Crippen MR) is 75.5 cm³/mol. The van der Waals surface area contributed by atoms with Crippen LogP contribution in [0.5, 0.6) is 0 Å². The highest BCUT2D eigenvalue weighted by atomic mass is 79.9. The minimum atomic E-state index is -3.85. The summed E-state index contributed by atoms with van der Waals surface area (Å²) < 4.78 is 26.9. The first-order valence-corrected chi connectivity index (χ1v) is 8.07. The van der Waals surface area contributed by atoms with Gasteiger partial charge in [-0.05, 0) is 47.0 Å². The Hall–Kier alpha value is -0.920. The van der Waals surface area contributed by atoms with Gasteiger partial charge in [0.1, 0.15) is 6.04 Å². The van der Waals surface area contributed by atoms with E-state index in [-0.39, 0.29) is 11.3 Å². The number of aliphatic carboxylic acids is 1. The Kier molecular flexibility index (Phi) is 5.51. The molecule has 0 radical (unpaired) electrons. The summed E-state index contributed by atoms with van der Waals surface area (Å²) in [5.41, 5.74) is 0.911. The highest BCUT2D eigenvalue weighted by Crippen LogP contribution is 2.23. The van der Waals surface area contributed by atoms with E-state index in [1.807, 2.05) is 6.92 Å². The molecular weight excluding hydrogens is 334 g/mol. The molecule has 106 valence electrons. The van der Waals surface area contributed by atoms with Gasteiger partial charge in [0.15, 0.2) is 0 Å². The Labute approximate surface area is 121 Å². The van der Waals surface area contributed by atoms with E-state index in [0.29, 0.717) is 10.9 Å². The van der Waals surface area contributed by atoms with E-state index in [2.05, 4.69) is 20.7 Å². The second-order valence-electron chi connectivity index (χ2n) is 4.23. The van der Waals surface area contributed by atoms with Crippen LogP contribution in [0.2, 0.25) is 0 Å². The molecule has 0 aliphatic rings. The molecule has 5 nitrogen and oxygen atoms in total. The van der Waals surface area contributed by atoms with Crippen LogP contribution in [0.3, 0.4) is 0 Å². The van der Waals surface area contributed by atoms with Gasteiger partial charge in [-0.15, -0.1) is 0 Å². The van der Waals surface area contributed by atoms with Crippen molar-refractivity contribution in [2.75, 3.05) is 0 Å². The summed E-state index contributed by atoms with van der Waals surface area (Å²) in [5, 5.41) is 8.99. The molecule has 0 aliphatic heterocycles. The molecule has 0 fully saturated rings. The molecule has 1 atom stereocenters. The molecule has 0 amide bonds. The number of aryl methyl sites for hydroxylation is 1. The Morgan fingerprint density at radius 3 is 2.58 bits per heavy atom. The van der Waals surface area contributed by atoms with Gasteiger partial charge in [-0.2, -0.15) is 4.72 Å². The second-order valence-corrected chi connectivity index (χ2v) is 6.77. The van der Waals surface area contributed by atoms with Gasteiger partial charge in [-0.25, -0.2) is 8.42 Å². The summed E-state index contributed by atoms with van der Waals surface area (Å²) in [6.07, 6.45) is 0.826. The van der Waals surface area contributed by atoms with Crippen LogP contribution in [0, 0.1) is 6.92 Å². The number of nitrogens with one attached hydrogen (secondary N) is 1. The van der Waals surface area contributed by atoms with Gasteiger partial charge >= 0.3 is 5.97 Å². The normalized spacial score (nSPS) is 13.2. The predicted octanol–water partition coefficient (Wildman–Crippen LogP) is 2.29. The van der Waals surface area contributed by atoms with E-state index in [1.165, 1.54) is 6.07 Å². The van der Waals surface area contributed by atoms with Crippen LogP contribution in [0.4, 0.5) is 0 Å². The van der Waals surface area contributed by atoms with Crippen molar-refractivity contribution < 1.29 is 18.3 Å². The molecule has 1 aromatic carbocycles. The molecule has 0 saturated heterocycles. The van der Waals surface area contributed by atoms with E-state index in [0.717, 1.165) is 5.56 Å². The van der Waals surface area contributed by atoms with Gasteiger partial charge in [-0.3, -0.25) is 4.79 Å². The topological polar surface area (TPSA) is 83.5 Å². The molecule has 0 spiro atoms. The first-order valence-electron chi connectivity index (χ1n) is 5.79. The maximum absolute atomic E-state index is 12.1. The quantitative estimate of drug-likeness (QED) is 0.825. The molecule has 0 aromatic heterocycles. The first-order chi connectivity index (χ1) is 8.77. The summed E-state index contributed by atoms with van der Waals surface area (Å²) in [7, 11) is -3.85. The van der Waals surface area contributed by atoms with Crippen LogP contribution in [0.1, 0.15) is 25.3 Å². The lowest BCUT2D eigenvalue weighted by atomic mass is 10.2. The monoisotopic (exact) mass is 349 g/mol. The number of carboxylic acids is 1. The van der Waals surface area contributed by atoms with Crippen molar-refractivity contribution in [3.63, 3.8) is 0 Å². The Balaban J connectivity index is 3.06. The van der Waals surface area contributed by atoms with Crippen molar-refractivity contribution in [3.8, 4) is 0 Å². The van der Waals surface area contributed by atoms with Gasteiger partial charge in [0, 0.05) is 4.47 Å². The molecule has 0 aliphatic carbocycles. The number of sulfonamides is 1. The molecule has 2 N–H and O–H groups in total. The zero-order valence-electron chi connectivity index (χ0n) is 10.7. The van der Waals surface area contributed by atoms with Gasteiger partial charge in [0.2, 0.25) is 10.0 Å². The third-order valence-corrected chi connectivity index (χ3v) is 5.00. The number of carbonyl (C=O) groups is 1. The van der Waals surface area contributed by atoms with Crippen molar-refractivity contribution in [2.45, 2.75) is 37.6 Å².